The smallest absolute Gasteiger partial charge is 0.152 e. The number of hydrogen-bond acceptors (Lipinski definition) is 2. The lowest BCUT2D eigenvalue weighted by Gasteiger charge is -2.10. The Morgan fingerprint density at radius 2 is 2.17 bits per heavy atom. The van der Waals surface area contributed by atoms with E-state index in [0.717, 1.165) is 25.0 Å². The van der Waals surface area contributed by atoms with Crippen LogP contribution in [0.5, 0.6) is 0 Å². The Hall–Kier alpha value is -1.22. The van der Waals surface area contributed by atoms with Gasteiger partial charge in [0.15, 0.2) is 7.28 Å². The molecule has 18 heavy (non-hydrogen) atoms. The van der Waals surface area contributed by atoms with E-state index in [-0.39, 0.29) is 0 Å². The Kier molecular flexibility index (Phi) is 6.59. The molecule has 0 saturated carbocycles. The van der Waals surface area contributed by atoms with Crippen molar-refractivity contribution in [2.24, 2.45) is 5.73 Å². The summed E-state index contributed by atoms with van der Waals surface area (Å²) in [6, 6.07) is 8.85. The van der Waals surface area contributed by atoms with Gasteiger partial charge in [-0.05, 0) is 39.8 Å². The minimum Gasteiger partial charge on any atom is -0.402 e. The Morgan fingerprint density at radius 3 is 2.83 bits per heavy atom. The van der Waals surface area contributed by atoms with Gasteiger partial charge in [-0.3, -0.25) is 0 Å². The Labute approximate surface area is 112 Å². The summed E-state index contributed by atoms with van der Waals surface area (Å²) in [5, 5.41) is 3.44. The lowest BCUT2D eigenvalue weighted by Crippen LogP contribution is -2.26. The molecule has 0 aliphatic carbocycles. The topological polar surface area (TPSA) is 38.0 Å². The van der Waals surface area contributed by atoms with Crippen molar-refractivity contribution in [1.29, 1.82) is 0 Å². The van der Waals surface area contributed by atoms with Crippen LogP contribution >= 0.6 is 0 Å². The summed E-state index contributed by atoms with van der Waals surface area (Å²) < 4.78 is 0. The Morgan fingerprint density at radius 1 is 1.44 bits per heavy atom. The first-order chi connectivity index (χ1) is 8.59. The fourth-order valence-electron chi connectivity index (χ4n) is 1.96. The van der Waals surface area contributed by atoms with Crippen LogP contribution in [0.25, 0.3) is 0 Å². The van der Waals surface area contributed by atoms with E-state index in [9.17, 15) is 0 Å². The highest BCUT2D eigenvalue weighted by molar-refractivity contribution is 6.53. The van der Waals surface area contributed by atoms with E-state index < -0.39 is 0 Å². The molecule has 1 aromatic rings. The monoisotopic (exact) mass is 243 g/mol. The van der Waals surface area contributed by atoms with Gasteiger partial charge in [0.25, 0.3) is 0 Å². The van der Waals surface area contributed by atoms with Crippen LogP contribution in [0.3, 0.4) is 0 Å². The second kappa shape index (κ2) is 7.99. The number of rotatable bonds is 7. The summed E-state index contributed by atoms with van der Waals surface area (Å²) in [4.78, 5) is 0. The maximum absolute atomic E-state index is 5.63. The number of benzene rings is 1. The molecule has 3 N–H and O–H groups in total. The molecule has 0 spiro atoms. The molecule has 1 radical (unpaired) electrons. The lowest BCUT2D eigenvalue weighted by molar-refractivity contribution is 0.620. The molecule has 3 heteroatoms. The Bertz CT molecular complexity index is 384. The van der Waals surface area contributed by atoms with E-state index in [0.29, 0.717) is 6.04 Å². The molecule has 0 bridgehead atoms. The van der Waals surface area contributed by atoms with Gasteiger partial charge in [0, 0.05) is 11.7 Å². The van der Waals surface area contributed by atoms with E-state index in [1.165, 1.54) is 11.0 Å². The largest absolute Gasteiger partial charge is 0.402 e. The predicted molar refractivity (Wildman–Crippen MR) is 81.4 cm³/mol. The lowest BCUT2D eigenvalue weighted by atomic mass is 9.65. The molecule has 2 nitrogen and oxygen atoms in total. The van der Waals surface area contributed by atoms with E-state index in [2.05, 4.69) is 50.7 Å². The average molecular weight is 243 g/mol. The third-order valence-corrected chi connectivity index (χ3v) is 2.91. The van der Waals surface area contributed by atoms with Crippen molar-refractivity contribution in [3.8, 4) is 0 Å². The zero-order valence-electron chi connectivity index (χ0n) is 11.7. The second-order valence-electron chi connectivity index (χ2n) is 4.86. The number of allylic oxidation sites excluding steroid dienone is 1. The molecular formula is C15H24BN2. The van der Waals surface area contributed by atoms with E-state index >= 15 is 0 Å². The number of aryl methyl sites for hydroxylation is 1. The number of nitrogens with two attached hydrogens (primary N) is 1. The highest BCUT2D eigenvalue weighted by atomic mass is 14.9. The van der Waals surface area contributed by atoms with Gasteiger partial charge >= 0.3 is 0 Å². The van der Waals surface area contributed by atoms with Gasteiger partial charge in [0.05, 0.1) is 0 Å². The molecule has 0 fully saturated rings. The first-order valence-electron chi connectivity index (χ1n) is 6.65. The third-order valence-electron chi connectivity index (χ3n) is 2.91. The molecule has 0 aliphatic rings. The maximum Gasteiger partial charge on any atom is 0.152 e. The van der Waals surface area contributed by atoms with Crippen molar-refractivity contribution in [3.05, 3.63) is 41.6 Å². The van der Waals surface area contributed by atoms with Crippen LogP contribution in [-0.2, 0) is 0 Å². The van der Waals surface area contributed by atoms with Gasteiger partial charge in [0.2, 0.25) is 0 Å². The van der Waals surface area contributed by atoms with Crippen molar-refractivity contribution < 1.29 is 0 Å². The third kappa shape index (κ3) is 5.92. The average Bonchev–Trinajstić information content (AvgIpc) is 2.30. The molecule has 1 atom stereocenters. The van der Waals surface area contributed by atoms with Crippen LogP contribution in [0, 0.1) is 6.92 Å². The summed E-state index contributed by atoms with van der Waals surface area (Å²) in [6.07, 6.45) is 4.30. The van der Waals surface area contributed by atoms with Crippen LogP contribution in [0.1, 0.15) is 25.8 Å². The normalized spacial score (nSPS) is 13.4. The van der Waals surface area contributed by atoms with Crippen molar-refractivity contribution in [1.82, 2.24) is 5.32 Å². The maximum atomic E-state index is 5.63. The Balaban J connectivity index is 2.16. The summed E-state index contributed by atoms with van der Waals surface area (Å²) in [5.74, 6) is 0. The summed E-state index contributed by atoms with van der Waals surface area (Å²) in [5.41, 5.74) is 9.21. The molecule has 1 unspecified atom stereocenters. The molecule has 0 amide bonds. The second-order valence-corrected chi connectivity index (χ2v) is 4.86. The van der Waals surface area contributed by atoms with Crippen LogP contribution in [0.2, 0.25) is 6.32 Å². The first-order valence-corrected chi connectivity index (χ1v) is 6.65. The highest BCUT2D eigenvalue weighted by Crippen LogP contribution is 1.96. The van der Waals surface area contributed by atoms with Gasteiger partial charge in [-0.1, -0.05) is 41.6 Å². The van der Waals surface area contributed by atoms with Crippen LogP contribution in [0.4, 0.5) is 0 Å². The summed E-state index contributed by atoms with van der Waals surface area (Å²) in [6.45, 7) is 7.22. The number of nitrogens with one attached hydrogen (secondary N) is 1. The molecule has 0 aliphatic heterocycles. The van der Waals surface area contributed by atoms with Crippen LogP contribution in [-0.4, -0.2) is 19.9 Å². The molecule has 0 heterocycles. The first kappa shape index (κ1) is 14.8. The summed E-state index contributed by atoms with van der Waals surface area (Å²) >= 11 is 0. The van der Waals surface area contributed by atoms with Gasteiger partial charge in [-0.25, -0.2) is 0 Å². The quantitative estimate of drug-likeness (QED) is 0.567. The highest BCUT2D eigenvalue weighted by Gasteiger charge is 2.00. The van der Waals surface area contributed by atoms with Crippen molar-refractivity contribution in [3.63, 3.8) is 0 Å². The van der Waals surface area contributed by atoms with Crippen molar-refractivity contribution >= 4 is 12.7 Å². The number of hydrogen-bond donors (Lipinski definition) is 2. The zero-order valence-corrected chi connectivity index (χ0v) is 11.7. The SMILES string of the molecule is C/C(N)=C\C(C)NCCC[B]c1ccccc1C. The molecule has 1 rings (SSSR count). The van der Waals surface area contributed by atoms with Gasteiger partial charge < -0.3 is 11.1 Å². The summed E-state index contributed by atoms with van der Waals surface area (Å²) in [7, 11) is 2.31. The molecule has 0 saturated heterocycles. The fourth-order valence-corrected chi connectivity index (χ4v) is 1.96. The minimum absolute atomic E-state index is 0.355. The minimum atomic E-state index is 0.355. The molecule has 97 valence electrons. The van der Waals surface area contributed by atoms with Crippen LogP contribution < -0.4 is 16.5 Å². The van der Waals surface area contributed by atoms with Gasteiger partial charge in [-0.2, -0.15) is 0 Å². The van der Waals surface area contributed by atoms with E-state index in [4.69, 9.17) is 5.73 Å². The van der Waals surface area contributed by atoms with Crippen molar-refractivity contribution in [2.75, 3.05) is 6.54 Å². The van der Waals surface area contributed by atoms with Gasteiger partial charge in [-0.15, -0.1) is 0 Å². The standard InChI is InChI=1S/C15H24BN2/c1-12-7-4-5-8-15(12)16-9-6-10-18-14(3)11-13(2)17/h4-5,7-8,11,14,18H,6,9-10,17H2,1-3H3/b13-11+. The molecule has 1 aromatic carbocycles. The zero-order chi connectivity index (χ0) is 13.4. The predicted octanol–water partition coefficient (Wildman–Crippen LogP) is 1.97. The molecular weight excluding hydrogens is 219 g/mol. The van der Waals surface area contributed by atoms with E-state index in [1.807, 2.05) is 13.0 Å². The van der Waals surface area contributed by atoms with Gasteiger partial charge in [0.1, 0.15) is 0 Å². The fraction of sp³-hybridized carbons (Fsp3) is 0.467. The van der Waals surface area contributed by atoms with Crippen molar-refractivity contribution in [2.45, 2.75) is 39.6 Å². The van der Waals surface area contributed by atoms with Crippen LogP contribution in [0.15, 0.2) is 36.0 Å². The van der Waals surface area contributed by atoms with E-state index in [1.54, 1.807) is 0 Å². The molecule has 0 aromatic heterocycles.